The van der Waals surface area contributed by atoms with Gasteiger partial charge in [-0.2, -0.15) is 0 Å². The number of carboxylic acids is 1. The average molecular weight is 216 g/mol. The summed E-state index contributed by atoms with van der Waals surface area (Å²) in [7, 11) is 0. The van der Waals surface area contributed by atoms with Gasteiger partial charge in [0.05, 0.1) is 0 Å². The van der Waals surface area contributed by atoms with Gasteiger partial charge in [0.15, 0.2) is 0 Å². The Morgan fingerprint density at radius 1 is 1.40 bits per heavy atom. The summed E-state index contributed by atoms with van der Waals surface area (Å²) in [5.74, 6) is -1.50. The molecule has 0 aromatic carbocycles. The molecule has 0 unspecified atom stereocenters. The minimum atomic E-state index is -1.02. The molecular weight excluding hydrogens is 196 g/mol. The van der Waals surface area contributed by atoms with Crippen LogP contribution in [0.3, 0.4) is 0 Å². The van der Waals surface area contributed by atoms with Crippen LogP contribution >= 0.6 is 0 Å². The van der Waals surface area contributed by atoms with E-state index in [0.29, 0.717) is 0 Å². The van der Waals surface area contributed by atoms with Gasteiger partial charge in [0.2, 0.25) is 5.91 Å². The quantitative estimate of drug-likeness (QED) is 0.618. The van der Waals surface area contributed by atoms with Gasteiger partial charge in [-0.05, 0) is 19.8 Å². The Morgan fingerprint density at radius 3 is 2.13 bits per heavy atom. The molecule has 0 bridgehead atoms. The summed E-state index contributed by atoms with van der Waals surface area (Å²) in [4.78, 5) is 22.2. The first-order valence-electron chi connectivity index (χ1n) is 4.94. The fraction of sp³-hybridized carbons (Fsp3) is 0.800. The summed E-state index contributed by atoms with van der Waals surface area (Å²) < 4.78 is 0. The smallest absolute Gasteiger partial charge is 0.326 e. The van der Waals surface area contributed by atoms with E-state index in [9.17, 15) is 9.59 Å². The van der Waals surface area contributed by atoms with Crippen molar-refractivity contribution in [3.8, 4) is 0 Å². The summed E-state index contributed by atoms with van der Waals surface area (Å²) in [5.41, 5.74) is 5.04. The van der Waals surface area contributed by atoms with Gasteiger partial charge in [-0.15, -0.1) is 0 Å². The third-order valence-corrected chi connectivity index (χ3v) is 1.87. The first-order chi connectivity index (χ1) is 6.63. The van der Waals surface area contributed by atoms with E-state index >= 15 is 0 Å². The minimum absolute atomic E-state index is 0.115. The van der Waals surface area contributed by atoms with E-state index < -0.39 is 17.6 Å². The lowest BCUT2D eigenvalue weighted by molar-refractivity contribution is -0.143. The molecule has 15 heavy (non-hydrogen) atoms. The second-order valence-electron chi connectivity index (χ2n) is 4.79. The molecular formula is C10H20N2O3. The molecule has 0 spiro atoms. The molecule has 0 aromatic heterocycles. The number of rotatable bonds is 5. The van der Waals surface area contributed by atoms with Crippen LogP contribution in [0, 0.1) is 5.92 Å². The molecule has 0 aliphatic heterocycles. The zero-order valence-corrected chi connectivity index (χ0v) is 9.70. The number of nitrogens with one attached hydrogen (secondary N) is 1. The normalized spacial score (nSPS) is 13.7. The van der Waals surface area contributed by atoms with Gasteiger partial charge in [0.25, 0.3) is 0 Å². The monoisotopic (exact) mass is 216 g/mol. The predicted octanol–water partition coefficient (Wildman–Crippen LogP) is 0.339. The van der Waals surface area contributed by atoms with Crippen molar-refractivity contribution in [2.24, 2.45) is 11.7 Å². The van der Waals surface area contributed by atoms with Crippen molar-refractivity contribution < 1.29 is 14.7 Å². The van der Waals surface area contributed by atoms with Gasteiger partial charge < -0.3 is 16.2 Å². The highest BCUT2D eigenvalue weighted by Gasteiger charge is 2.25. The third-order valence-electron chi connectivity index (χ3n) is 1.87. The van der Waals surface area contributed by atoms with E-state index in [1.54, 1.807) is 27.7 Å². The summed E-state index contributed by atoms with van der Waals surface area (Å²) >= 11 is 0. The number of hydrogen-bond donors (Lipinski definition) is 3. The van der Waals surface area contributed by atoms with E-state index in [2.05, 4.69) is 5.32 Å². The lowest BCUT2D eigenvalue weighted by Gasteiger charge is -2.22. The Bertz CT molecular complexity index is 244. The van der Waals surface area contributed by atoms with Crippen molar-refractivity contribution in [2.75, 3.05) is 0 Å². The predicted molar refractivity (Wildman–Crippen MR) is 57.3 cm³/mol. The number of carbonyl (C=O) groups excluding carboxylic acids is 1. The van der Waals surface area contributed by atoms with Crippen molar-refractivity contribution >= 4 is 11.9 Å². The standard InChI is InChI=1S/C10H20N2O3/c1-6(2)8(9(14)15)12-7(13)5-10(3,4)11/h6,8H,5,11H2,1-4H3,(H,12,13)(H,14,15)/t8-/m1/s1. The molecule has 4 N–H and O–H groups in total. The largest absolute Gasteiger partial charge is 0.480 e. The Kier molecular flexibility index (Phi) is 4.74. The fourth-order valence-corrected chi connectivity index (χ4v) is 1.15. The van der Waals surface area contributed by atoms with E-state index in [1.807, 2.05) is 0 Å². The van der Waals surface area contributed by atoms with Crippen LogP contribution in [0.5, 0.6) is 0 Å². The van der Waals surface area contributed by atoms with E-state index in [-0.39, 0.29) is 18.2 Å². The maximum atomic E-state index is 11.4. The molecule has 0 aliphatic carbocycles. The maximum Gasteiger partial charge on any atom is 0.326 e. The van der Waals surface area contributed by atoms with Gasteiger partial charge in [-0.1, -0.05) is 13.8 Å². The summed E-state index contributed by atoms with van der Waals surface area (Å²) in [5, 5.41) is 11.3. The van der Waals surface area contributed by atoms with Crippen LogP contribution in [0.25, 0.3) is 0 Å². The highest BCUT2D eigenvalue weighted by molar-refractivity contribution is 5.84. The average Bonchev–Trinajstić information content (AvgIpc) is 1.95. The number of nitrogens with two attached hydrogens (primary N) is 1. The van der Waals surface area contributed by atoms with Gasteiger partial charge in [-0.25, -0.2) is 4.79 Å². The molecule has 0 fully saturated rings. The molecule has 5 nitrogen and oxygen atoms in total. The van der Waals surface area contributed by atoms with Crippen LogP contribution in [-0.2, 0) is 9.59 Å². The van der Waals surface area contributed by atoms with Crippen molar-refractivity contribution in [2.45, 2.75) is 45.7 Å². The highest BCUT2D eigenvalue weighted by Crippen LogP contribution is 2.06. The maximum absolute atomic E-state index is 11.4. The minimum Gasteiger partial charge on any atom is -0.480 e. The molecule has 0 radical (unpaired) electrons. The molecule has 0 aromatic rings. The Hall–Kier alpha value is -1.10. The summed E-state index contributed by atoms with van der Waals surface area (Å²) in [6, 6.07) is -0.847. The highest BCUT2D eigenvalue weighted by atomic mass is 16.4. The van der Waals surface area contributed by atoms with Gasteiger partial charge >= 0.3 is 5.97 Å². The fourth-order valence-electron chi connectivity index (χ4n) is 1.15. The summed E-state index contributed by atoms with van der Waals surface area (Å²) in [6.45, 7) is 6.93. The van der Waals surface area contributed by atoms with Crippen molar-refractivity contribution in [3.05, 3.63) is 0 Å². The lowest BCUT2D eigenvalue weighted by Crippen LogP contribution is -2.47. The van der Waals surface area contributed by atoms with E-state index in [0.717, 1.165) is 0 Å². The second kappa shape index (κ2) is 5.11. The van der Waals surface area contributed by atoms with Crippen LogP contribution in [0.2, 0.25) is 0 Å². The molecule has 0 rings (SSSR count). The molecule has 88 valence electrons. The topological polar surface area (TPSA) is 92.4 Å². The number of hydrogen-bond acceptors (Lipinski definition) is 3. The third kappa shape index (κ3) is 6.06. The van der Waals surface area contributed by atoms with E-state index in [4.69, 9.17) is 10.8 Å². The van der Waals surface area contributed by atoms with Crippen LogP contribution in [0.1, 0.15) is 34.1 Å². The number of aliphatic carboxylic acids is 1. The zero-order valence-electron chi connectivity index (χ0n) is 9.70. The lowest BCUT2D eigenvalue weighted by atomic mass is 10.00. The second-order valence-corrected chi connectivity index (χ2v) is 4.79. The zero-order chi connectivity index (χ0) is 12.2. The van der Waals surface area contributed by atoms with Crippen molar-refractivity contribution in [1.29, 1.82) is 0 Å². The first kappa shape index (κ1) is 13.9. The van der Waals surface area contributed by atoms with Crippen LogP contribution in [-0.4, -0.2) is 28.6 Å². The first-order valence-corrected chi connectivity index (χ1v) is 4.94. The molecule has 1 amide bonds. The van der Waals surface area contributed by atoms with Crippen LogP contribution in [0.15, 0.2) is 0 Å². The Labute approximate surface area is 90.0 Å². The summed E-state index contributed by atoms with van der Waals surface area (Å²) in [6.07, 6.45) is 0.115. The molecule has 0 heterocycles. The molecule has 5 heteroatoms. The number of carbonyl (C=O) groups is 2. The van der Waals surface area contributed by atoms with Crippen LogP contribution < -0.4 is 11.1 Å². The molecule has 0 saturated carbocycles. The van der Waals surface area contributed by atoms with Gasteiger partial charge in [0.1, 0.15) is 6.04 Å². The van der Waals surface area contributed by atoms with Crippen LogP contribution in [0.4, 0.5) is 0 Å². The molecule has 1 atom stereocenters. The van der Waals surface area contributed by atoms with E-state index in [1.165, 1.54) is 0 Å². The van der Waals surface area contributed by atoms with Crippen molar-refractivity contribution in [1.82, 2.24) is 5.32 Å². The molecule has 0 aliphatic rings. The Morgan fingerprint density at radius 2 is 1.87 bits per heavy atom. The molecule has 0 saturated heterocycles. The van der Waals surface area contributed by atoms with Gasteiger partial charge in [-0.3, -0.25) is 4.79 Å². The number of amides is 1. The number of carboxylic acid groups (broad SMARTS) is 1. The SMILES string of the molecule is CC(C)[C@@H](NC(=O)CC(C)(C)N)C(=O)O. The Balaban J connectivity index is 4.31. The van der Waals surface area contributed by atoms with Gasteiger partial charge in [0, 0.05) is 12.0 Å². The van der Waals surface area contributed by atoms with Crippen molar-refractivity contribution in [3.63, 3.8) is 0 Å².